The molecule has 10 heteroatoms. The Balaban J connectivity index is 1.46. The van der Waals surface area contributed by atoms with Crippen molar-refractivity contribution in [3.05, 3.63) is 108 Å². The zero-order valence-electron chi connectivity index (χ0n) is 18.0. The predicted molar refractivity (Wildman–Crippen MR) is 117 cm³/mol. The number of aromatic nitrogens is 2. The Morgan fingerprint density at radius 3 is 2.11 bits per heavy atom. The summed E-state index contributed by atoms with van der Waals surface area (Å²) in [5.41, 5.74) is -1.07. The van der Waals surface area contributed by atoms with Gasteiger partial charge in [0.15, 0.2) is 5.54 Å². The number of nitrogens with one attached hydrogen (secondary N) is 1. The summed E-state index contributed by atoms with van der Waals surface area (Å²) in [6, 6.07) is 21.5. The van der Waals surface area contributed by atoms with E-state index < -0.39 is 29.2 Å². The molecule has 0 aliphatic carbocycles. The van der Waals surface area contributed by atoms with Gasteiger partial charge in [0.25, 0.3) is 5.91 Å². The summed E-state index contributed by atoms with van der Waals surface area (Å²) in [6.07, 6.45) is -4.53. The normalized spacial score (nSPS) is 15.3. The first kappa shape index (κ1) is 22.3. The van der Waals surface area contributed by atoms with Crippen LogP contribution in [0.15, 0.2) is 89.5 Å². The molecule has 3 amide bonds. The second-order valence-corrected chi connectivity index (χ2v) is 7.89. The van der Waals surface area contributed by atoms with E-state index in [0.717, 1.165) is 17.0 Å². The SMILES string of the molecule is O=C1NC(c2ccccc2)(c2ccccc2)C(=O)N1Cc1nc(-c2cccc(C(F)(F)F)c2)no1. The first-order valence-electron chi connectivity index (χ1n) is 10.5. The van der Waals surface area contributed by atoms with E-state index in [1.54, 1.807) is 60.7 Å². The minimum atomic E-state index is -4.53. The molecule has 4 aromatic rings. The number of rotatable bonds is 5. The fourth-order valence-corrected chi connectivity index (χ4v) is 4.06. The van der Waals surface area contributed by atoms with Gasteiger partial charge in [0.05, 0.1) is 5.56 Å². The molecule has 1 aliphatic heterocycles. The van der Waals surface area contributed by atoms with Crippen LogP contribution >= 0.6 is 0 Å². The summed E-state index contributed by atoms with van der Waals surface area (Å²) in [5.74, 6) is -0.730. The number of benzene rings is 3. The number of hydrogen-bond donors (Lipinski definition) is 1. The number of carbonyl (C=O) groups excluding carboxylic acids is 2. The molecule has 5 rings (SSSR count). The molecule has 7 nitrogen and oxygen atoms in total. The maximum Gasteiger partial charge on any atom is 0.416 e. The molecule has 1 aromatic heterocycles. The summed E-state index contributed by atoms with van der Waals surface area (Å²) in [7, 11) is 0. The lowest BCUT2D eigenvalue weighted by Crippen LogP contribution is -2.45. The molecule has 0 spiro atoms. The van der Waals surface area contributed by atoms with Crippen LogP contribution in [0.1, 0.15) is 22.6 Å². The van der Waals surface area contributed by atoms with Gasteiger partial charge in [-0.1, -0.05) is 78.0 Å². The number of carbonyl (C=O) groups is 2. The number of imide groups is 1. The van der Waals surface area contributed by atoms with Crippen molar-refractivity contribution < 1.29 is 27.3 Å². The highest BCUT2D eigenvalue weighted by molar-refractivity contribution is 6.09. The quantitative estimate of drug-likeness (QED) is 0.418. The van der Waals surface area contributed by atoms with Gasteiger partial charge in [-0.05, 0) is 23.3 Å². The highest BCUT2D eigenvalue weighted by atomic mass is 19.4. The highest BCUT2D eigenvalue weighted by Crippen LogP contribution is 2.37. The Morgan fingerprint density at radius 2 is 1.51 bits per heavy atom. The first-order valence-corrected chi connectivity index (χ1v) is 10.5. The lowest BCUT2D eigenvalue weighted by Gasteiger charge is -2.27. The molecule has 2 heterocycles. The van der Waals surface area contributed by atoms with Gasteiger partial charge in [0, 0.05) is 5.56 Å². The number of urea groups is 1. The van der Waals surface area contributed by atoms with Gasteiger partial charge in [-0.25, -0.2) is 4.79 Å². The number of hydrogen-bond acceptors (Lipinski definition) is 5. The highest BCUT2D eigenvalue weighted by Gasteiger charge is 2.54. The van der Waals surface area contributed by atoms with Gasteiger partial charge in [-0.15, -0.1) is 0 Å². The van der Waals surface area contributed by atoms with Crippen LogP contribution in [0.5, 0.6) is 0 Å². The van der Waals surface area contributed by atoms with E-state index in [9.17, 15) is 22.8 Å². The van der Waals surface area contributed by atoms with Crippen molar-refractivity contribution in [1.29, 1.82) is 0 Å². The van der Waals surface area contributed by atoms with Gasteiger partial charge < -0.3 is 9.84 Å². The van der Waals surface area contributed by atoms with E-state index in [1.165, 1.54) is 12.1 Å². The molecule has 176 valence electrons. The fraction of sp³-hybridized carbons (Fsp3) is 0.120. The van der Waals surface area contributed by atoms with E-state index in [-0.39, 0.29) is 23.8 Å². The average molecular weight is 478 g/mol. The average Bonchev–Trinajstić information content (AvgIpc) is 3.44. The molecule has 0 bridgehead atoms. The Bertz CT molecular complexity index is 1350. The van der Waals surface area contributed by atoms with Crippen molar-refractivity contribution in [2.75, 3.05) is 0 Å². The second kappa shape index (κ2) is 8.39. The van der Waals surface area contributed by atoms with E-state index in [4.69, 9.17) is 4.52 Å². The Labute approximate surface area is 197 Å². The van der Waals surface area contributed by atoms with Crippen molar-refractivity contribution in [2.45, 2.75) is 18.3 Å². The topological polar surface area (TPSA) is 88.3 Å². The molecule has 1 N–H and O–H groups in total. The molecule has 1 aliphatic rings. The van der Waals surface area contributed by atoms with Crippen molar-refractivity contribution in [1.82, 2.24) is 20.4 Å². The number of nitrogens with zero attached hydrogens (tertiary/aromatic N) is 3. The van der Waals surface area contributed by atoms with Crippen LogP contribution in [0.2, 0.25) is 0 Å². The minimum Gasteiger partial charge on any atom is -0.337 e. The van der Waals surface area contributed by atoms with Crippen molar-refractivity contribution in [3.63, 3.8) is 0 Å². The lowest BCUT2D eigenvalue weighted by molar-refractivity contribution is -0.137. The molecule has 3 aromatic carbocycles. The van der Waals surface area contributed by atoms with E-state index in [2.05, 4.69) is 15.5 Å². The standard InChI is InChI=1S/C25H17F3N4O3/c26-25(27,28)19-13-7-8-16(14-19)21-29-20(35-31-21)15-32-22(33)24(30-23(32)34,17-9-3-1-4-10-17)18-11-5-2-6-12-18/h1-14H,15H2,(H,30,34). The van der Waals surface area contributed by atoms with Gasteiger partial charge in [-0.2, -0.15) is 18.2 Å². The summed E-state index contributed by atoms with van der Waals surface area (Å²) < 4.78 is 44.3. The van der Waals surface area contributed by atoms with Crippen LogP contribution in [0, 0.1) is 0 Å². The number of halogens is 3. The molecular formula is C25H17F3N4O3. The van der Waals surface area contributed by atoms with E-state index in [1.807, 2.05) is 0 Å². The molecule has 0 unspecified atom stereocenters. The maximum atomic E-state index is 13.7. The Morgan fingerprint density at radius 1 is 0.886 bits per heavy atom. The van der Waals surface area contributed by atoms with E-state index in [0.29, 0.717) is 11.1 Å². The molecule has 0 saturated carbocycles. The molecule has 0 atom stereocenters. The molecule has 35 heavy (non-hydrogen) atoms. The predicted octanol–water partition coefficient (Wildman–Crippen LogP) is 4.75. The van der Waals surface area contributed by atoms with Crippen LogP contribution in [0.3, 0.4) is 0 Å². The number of amides is 3. The van der Waals surface area contributed by atoms with Crippen molar-refractivity contribution in [3.8, 4) is 11.4 Å². The Kier molecular flexibility index (Phi) is 5.35. The van der Waals surface area contributed by atoms with Gasteiger partial charge >= 0.3 is 12.2 Å². The molecule has 1 fully saturated rings. The third kappa shape index (κ3) is 3.92. The third-order valence-electron chi connectivity index (χ3n) is 5.73. The van der Waals surface area contributed by atoms with Crippen molar-refractivity contribution >= 4 is 11.9 Å². The second-order valence-electron chi connectivity index (χ2n) is 7.89. The Hall–Kier alpha value is -4.47. The molecule has 1 saturated heterocycles. The van der Waals surface area contributed by atoms with Gasteiger partial charge in [-0.3, -0.25) is 9.69 Å². The van der Waals surface area contributed by atoms with Gasteiger partial charge in [0.1, 0.15) is 6.54 Å². The zero-order valence-corrected chi connectivity index (χ0v) is 18.0. The minimum absolute atomic E-state index is 0.0875. The zero-order chi connectivity index (χ0) is 24.6. The van der Waals surface area contributed by atoms with Crippen LogP contribution in [0.25, 0.3) is 11.4 Å². The van der Waals surface area contributed by atoms with Crippen LogP contribution in [-0.4, -0.2) is 27.0 Å². The summed E-state index contributed by atoms with van der Waals surface area (Å²) in [5, 5.41) is 6.54. The van der Waals surface area contributed by atoms with Crippen LogP contribution < -0.4 is 5.32 Å². The van der Waals surface area contributed by atoms with Crippen molar-refractivity contribution in [2.24, 2.45) is 0 Å². The summed E-state index contributed by atoms with van der Waals surface area (Å²) in [4.78, 5) is 31.7. The summed E-state index contributed by atoms with van der Waals surface area (Å²) >= 11 is 0. The smallest absolute Gasteiger partial charge is 0.337 e. The van der Waals surface area contributed by atoms with Gasteiger partial charge in [0.2, 0.25) is 11.7 Å². The first-order chi connectivity index (χ1) is 16.8. The van der Waals surface area contributed by atoms with Crippen LogP contribution in [-0.2, 0) is 23.1 Å². The van der Waals surface area contributed by atoms with E-state index >= 15 is 0 Å². The monoisotopic (exact) mass is 478 g/mol. The molecule has 0 radical (unpaired) electrons. The fourth-order valence-electron chi connectivity index (χ4n) is 4.06. The maximum absolute atomic E-state index is 13.7. The lowest BCUT2D eigenvalue weighted by atomic mass is 9.82. The largest absolute Gasteiger partial charge is 0.416 e. The van der Waals surface area contributed by atoms with Crippen LogP contribution in [0.4, 0.5) is 18.0 Å². The number of alkyl halides is 3. The third-order valence-corrected chi connectivity index (χ3v) is 5.73. The summed E-state index contributed by atoms with van der Waals surface area (Å²) in [6.45, 7) is -0.349. The molecular weight excluding hydrogens is 461 g/mol.